The van der Waals surface area contributed by atoms with Gasteiger partial charge in [-0.15, -0.1) is 0 Å². The van der Waals surface area contributed by atoms with E-state index < -0.39 is 6.10 Å². The van der Waals surface area contributed by atoms with Crippen molar-refractivity contribution in [3.05, 3.63) is 0 Å². The van der Waals surface area contributed by atoms with Gasteiger partial charge in [-0.25, -0.2) is 0 Å². The molecule has 0 fully saturated rings. The van der Waals surface area contributed by atoms with Crippen LogP contribution >= 0.6 is 0 Å². The number of aliphatic hydroxyl groups is 3. The maximum Gasteiger partial charge on any atom is 0.0721 e. The monoisotopic (exact) mass is 233 g/mol. The Hall–Kier alpha value is -0.160. The fourth-order valence-electron chi connectivity index (χ4n) is 2.56. The highest BCUT2D eigenvalue weighted by Gasteiger charge is 2.38. The Kier molecular flexibility index (Phi) is 7.93. The van der Waals surface area contributed by atoms with Crippen LogP contribution in [-0.2, 0) is 0 Å². The van der Waals surface area contributed by atoms with Gasteiger partial charge in [-0.3, -0.25) is 4.90 Å². The molecule has 4 nitrogen and oxygen atoms in total. The van der Waals surface area contributed by atoms with E-state index in [2.05, 4.69) is 0 Å². The molecule has 0 aliphatic rings. The summed E-state index contributed by atoms with van der Waals surface area (Å²) in [5.74, 6) is 0. The molecule has 0 bridgehead atoms. The van der Waals surface area contributed by atoms with Gasteiger partial charge >= 0.3 is 0 Å². The Bertz CT molecular complexity index is 166. The van der Waals surface area contributed by atoms with Gasteiger partial charge in [0.05, 0.1) is 19.3 Å². The fraction of sp³-hybridized carbons (Fsp3) is 1.00. The van der Waals surface area contributed by atoms with E-state index in [1.54, 1.807) is 0 Å². The Balaban J connectivity index is 4.92. The van der Waals surface area contributed by atoms with Crippen LogP contribution in [0.2, 0.25) is 0 Å². The maximum absolute atomic E-state index is 10.2. The Labute approximate surface area is 98.9 Å². The maximum atomic E-state index is 10.2. The molecule has 1 atom stereocenters. The van der Waals surface area contributed by atoms with Crippen LogP contribution in [0.3, 0.4) is 0 Å². The quantitative estimate of drug-likeness (QED) is 0.546. The van der Waals surface area contributed by atoms with E-state index >= 15 is 0 Å². The topological polar surface area (TPSA) is 63.9 Å². The number of β-amino-alcohol motifs (C(OH)–C–C–N with tert-alkyl or cyclic N) is 2. The molecule has 0 aromatic carbocycles. The number of rotatable bonds is 9. The minimum Gasteiger partial charge on any atom is -0.395 e. The lowest BCUT2D eigenvalue weighted by atomic mass is 9.83. The molecule has 0 aliphatic heterocycles. The third-order valence-electron chi connectivity index (χ3n) is 3.60. The van der Waals surface area contributed by atoms with Crippen molar-refractivity contribution in [3.63, 3.8) is 0 Å². The summed E-state index contributed by atoms with van der Waals surface area (Å²) in [6, 6.07) is 0. The molecule has 0 aromatic rings. The summed E-state index contributed by atoms with van der Waals surface area (Å²) in [5, 5.41) is 28.3. The first-order valence-corrected chi connectivity index (χ1v) is 6.27. The van der Waals surface area contributed by atoms with Crippen molar-refractivity contribution >= 4 is 0 Å². The average Bonchev–Trinajstić information content (AvgIpc) is 2.31. The third kappa shape index (κ3) is 3.42. The van der Waals surface area contributed by atoms with Crippen molar-refractivity contribution in [3.8, 4) is 0 Å². The summed E-state index contributed by atoms with van der Waals surface area (Å²) in [7, 11) is 0. The molecule has 0 aromatic heterocycles. The molecule has 0 amide bonds. The number of hydrogen-bond acceptors (Lipinski definition) is 4. The number of nitrogens with zero attached hydrogens (tertiary/aromatic N) is 1. The van der Waals surface area contributed by atoms with Gasteiger partial charge in [0.2, 0.25) is 0 Å². The summed E-state index contributed by atoms with van der Waals surface area (Å²) in [6.07, 6.45) is 1.91. The van der Waals surface area contributed by atoms with Gasteiger partial charge in [0.1, 0.15) is 0 Å². The standard InChI is InChI=1S/C12H27NO3/c1-4-11(16)12(5-2,6-3)13(7-9-14)8-10-15/h11,14-16H,4-10H2,1-3H3. The van der Waals surface area contributed by atoms with Crippen LogP contribution in [0.4, 0.5) is 0 Å². The lowest BCUT2D eigenvalue weighted by molar-refractivity contribution is -0.0520. The molecule has 16 heavy (non-hydrogen) atoms. The zero-order valence-corrected chi connectivity index (χ0v) is 10.8. The van der Waals surface area contributed by atoms with E-state index in [-0.39, 0.29) is 18.8 Å². The largest absolute Gasteiger partial charge is 0.395 e. The number of hydrogen-bond donors (Lipinski definition) is 3. The Morgan fingerprint density at radius 1 is 1.00 bits per heavy atom. The number of aliphatic hydroxyl groups excluding tert-OH is 3. The molecule has 0 saturated carbocycles. The summed E-state index contributed by atoms with van der Waals surface area (Å²) in [4.78, 5) is 2.02. The zero-order chi connectivity index (χ0) is 12.6. The van der Waals surface area contributed by atoms with Crippen LogP contribution in [0.5, 0.6) is 0 Å². The summed E-state index contributed by atoms with van der Waals surface area (Å²) in [5.41, 5.74) is -0.319. The van der Waals surface area contributed by atoms with Gasteiger partial charge in [0.15, 0.2) is 0 Å². The van der Waals surface area contributed by atoms with E-state index in [0.717, 1.165) is 12.8 Å². The highest BCUT2D eigenvalue weighted by atomic mass is 16.3. The van der Waals surface area contributed by atoms with Crippen LogP contribution in [0.15, 0.2) is 0 Å². The minimum atomic E-state index is -0.416. The molecule has 4 heteroatoms. The minimum absolute atomic E-state index is 0.0538. The lowest BCUT2D eigenvalue weighted by Gasteiger charge is -2.46. The SMILES string of the molecule is CCC(O)C(CC)(CC)N(CCO)CCO. The molecule has 0 spiro atoms. The molecule has 3 N–H and O–H groups in total. The first-order chi connectivity index (χ1) is 7.62. The van der Waals surface area contributed by atoms with E-state index in [0.29, 0.717) is 19.5 Å². The molecule has 0 aliphatic carbocycles. The van der Waals surface area contributed by atoms with Gasteiger partial charge < -0.3 is 15.3 Å². The van der Waals surface area contributed by atoms with Crippen LogP contribution in [0.25, 0.3) is 0 Å². The van der Waals surface area contributed by atoms with Gasteiger partial charge in [0.25, 0.3) is 0 Å². The van der Waals surface area contributed by atoms with Crippen molar-refractivity contribution in [1.82, 2.24) is 4.90 Å². The molecule has 0 rings (SSSR count). The van der Waals surface area contributed by atoms with E-state index in [1.807, 2.05) is 25.7 Å². The lowest BCUT2D eigenvalue weighted by Crippen LogP contribution is -2.57. The fourth-order valence-corrected chi connectivity index (χ4v) is 2.56. The molecule has 1 unspecified atom stereocenters. The zero-order valence-electron chi connectivity index (χ0n) is 10.8. The van der Waals surface area contributed by atoms with E-state index in [4.69, 9.17) is 10.2 Å². The summed E-state index contributed by atoms with van der Waals surface area (Å²) >= 11 is 0. The molecule has 0 saturated heterocycles. The first kappa shape index (κ1) is 15.8. The van der Waals surface area contributed by atoms with Crippen molar-refractivity contribution in [2.75, 3.05) is 26.3 Å². The van der Waals surface area contributed by atoms with Gasteiger partial charge in [-0.05, 0) is 19.3 Å². The Morgan fingerprint density at radius 2 is 1.44 bits per heavy atom. The van der Waals surface area contributed by atoms with Crippen molar-refractivity contribution in [2.45, 2.75) is 51.7 Å². The first-order valence-electron chi connectivity index (χ1n) is 6.27. The van der Waals surface area contributed by atoms with E-state index in [9.17, 15) is 5.11 Å². The van der Waals surface area contributed by atoms with Gasteiger partial charge in [-0.2, -0.15) is 0 Å². The predicted molar refractivity (Wildman–Crippen MR) is 65.4 cm³/mol. The Morgan fingerprint density at radius 3 is 1.69 bits per heavy atom. The van der Waals surface area contributed by atoms with Crippen molar-refractivity contribution in [1.29, 1.82) is 0 Å². The van der Waals surface area contributed by atoms with Crippen LogP contribution < -0.4 is 0 Å². The third-order valence-corrected chi connectivity index (χ3v) is 3.60. The van der Waals surface area contributed by atoms with Crippen LogP contribution in [0, 0.1) is 0 Å². The highest BCUT2D eigenvalue weighted by Crippen LogP contribution is 2.29. The molecular formula is C12H27NO3. The second-order valence-electron chi connectivity index (χ2n) is 4.17. The molecule has 0 heterocycles. The van der Waals surface area contributed by atoms with Gasteiger partial charge in [-0.1, -0.05) is 20.8 Å². The second-order valence-corrected chi connectivity index (χ2v) is 4.17. The summed E-state index contributed by atoms with van der Waals surface area (Å²) in [6.45, 7) is 7.16. The summed E-state index contributed by atoms with van der Waals surface area (Å²) < 4.78 is 0. The normalized spacial score (nSPS) is 14.4. The molecular weight excluding hydrogens is 206 g/mol. The second kappa shape index (κ2) is 8.01. The average molecular weight is 233 g/mol. The van der Waals surface area contributed by atoms with Gasteiger partial charge in [0, 0.05) is 18.6 Å². The molecule has 0 radical (unpaired) electrons. The molecule has 98 valence electrons. The van der Waals surface area contributed by atoms with Crippen molar-refractivity contribution in [2.24, 2.45) is 0 Å². The van der Waals surface area contributed by atoms with Crippen LogP contribution in [0.1, 0.15) is 40.0 Å². The van der Waals surface area contributed by atoms with Crippen LogP contribution in [-0.4, -0.2) is 58.2 Å². The highest BCUT2D eigenvalue weighted by molar-refractivity contribution is 4.94. The van der Waals surface area contributed by atoms with E-state index in [1.165, 1.54) is 0 Å². The predicted octanol–water partition coefficient (Wildman–Crippen LogP) is 0.603. The smallest absolute Gasteiger partial charge is 0.0721 e. The van der Waals surface area contributed by atoms with Crippen molar-refractivity contribution < 1.29 is 15.3 Å².